The first kappa shape index (κ1) is 17.7. The number of benzene rings is 1. The minimum Gasteiger partial charge on any atom is -0.203 e. The van der Waals surface area contributed by atoms with Crippen molar-refractivity contribution in [2.45, 2.75) is 58.8 Å². The van der Waals surface area contributed by atoms with Crippen molar-refractivity contribution in [1.82, 2.24) is 0 Å². The zero-order valence-electron chi connectivity index (χ0n) is 13.2. The van der Waals surface area contributed by atoms with Gasteiger partial charge in [0.15, 0.2) is 23.3 Å². The summed E-state index contributed by atoms with van der Waals surface area (Å²) in [5, 5.41) is 0. The molecule has 1 rings (SSSR count). The summed E-state index contributed by atoms with van der Waals surface area (Å²) in [6.07, 6.45) is 3.87. The van der Waals surface area contributed by atoms with Gasteiger partial charge in [0.1, 0.15) is 0 Å². The van der Waals surface area contributed by atoms with Gasteiger partial charge in [-0.2, -0.15) is 0 Å². The Morgan fingerprint density at radius 3 is 1.71 bits per heavy atom. The number of hydrogen-bond acceptors (Lipinski definition) is 0. The lowest BCUT2D eigenvalue weighted by Crippen LogP contribution is -2.26. The van der Waals surface area contributed by atoms with E-state index in [1.165, 1.54) is 13.0 Å². The third kappa shape index (κ3) is 2.99. The molecular formula is C17H22F4. The molecule has 0 aliphatic carbocycles. The molecule has 0 saturated carbocycles. The summed E-state index contributed by atoms with van der Waals surface area (Å²) in [4.78, 5) is 0. The first-order chi connectivity index (χ1) is 9.75. The molecule has 1 unspecified atom stereocenters. The third-order valence-corrected chi connectivity index (χ3v) is 4.40. The molecule has 0 heterocycles. The highest BCUT2D eigenvalue weighted by Gasteiger charge is 2.36. The lowest BCUT2D eigenvalue weighted by molar-refractivity contribution is 0.353. The van der Waals surface area contributed by atoms with Gasteiger partial charge in [-0.15, -0.1) is 0 Å². The fourth-order valence-corrected chi connectivity index (χ4v) is 2.57. The van der Waals surface area contributed by atoms with Crippen molar-refractivity contribution in [3.63, 3.8) is 0 Å². The van der Waals surface area contributed by atoms with Crippen LogP contribution in [0.4, 0.5) is 17.6 Å². The molecule has 0 fully saturated rings. The van der Waals surface area contributed by atoms with Crippen LogP contribution in [-0.2, 0) is 5.41 Å². The Bertz CT molecular complexity index is 513. The molecule has 0 aromatic heterocycles. The van der Waals surface area contributed by atoms with Crippen LogP contribution in [0.5, 0.6) is 0 Å². The normalized spacial score (nSPS) is 14.0. The maximum atomic E-state index is 14.4. The minimum atomic E-state index is -1.29. The maximum absolute atomic E-state index is 14.4. The first-order valence-corrected chi connectivity index (χ1v) is 7.24. The monoisotopic (exact) mass is 302 g/mol. The SMILES string of the molecule is C/C=C\C(C)c1c(F)c(F)c(C(C)(CC)CC)c(F)c1F. The second kappa shape index (κ2) is 6.63. The van der Waals surface area contributed by atoms with Gasteiger partial charge in [-0.25, -0.2) is 17.6 Å². The largest absolute Gasteiger partial charge is 0.203 e. The Labute approximate surface area is 123 Å². The van der Waals surface area contributed by atoms with Crippen LogP contribution >= 0.6 is 0 Å². The van der Waals surface area contributed by atoms with Crippen LogP contribution in [0.25, 0.3) is 0 Å². The van der Waals surface area contributed by atoms with E-state index >= 15 is 0 Å². The summed E-state index contributed by atoms with van der Waals surface area (Å²) in [6, 6.07) is 0. The summed E-state index contributed by atoms with van der Waals surface area (Å²) in [6.45, 7) is 8.28. The van der Waals surface area contributed by atoms with Gasteiger partial charge in [0, 0.05) is 17.0 Å². The molecule has 0 spiro atoms. The molecule has 4 heteroatoms. The average Bonchev–Trinajstić information content (AvgIpc) is 2.45. The Balaban J connectivity index is 3.69. The smallest absolute Gasteiger partial charge is 0.166 e. The van der Waals surface area contributed by atoms with Gasteiger partial charge in [0.25, 0.3) is 0 Å². The van der Waals surface area contributed by atoms with Gasteiger partial charge >= 0.3 is 0 Å². The summed E-state index contributed by atoms with van der Waals surface area (Å²) < 4.78 is 57.3. The molecule has 0 aliphatic heterocycles. The van der Waals surface area contributed by atoms with E-state index in [1.54, 1.807) is 33.8 Å². The second-order valence-electron chi connectivity index (χ2n) is 5.63. The molecule has 21 heavy (non-hydrogen) atoms. The van der Waals surface area contributed by atoms with E-state index in [0.29, 0.717) is 12.8 Å². The molecule has 0 nitrogen and oxygen atoms in total. The molecule has 1 aromatic rings. The van der Waals surface area contributed by atoms with Crippen molar-refractivity contribution < 1.29 is 17.6 Å². The van der Waals surface area contributed by atoms with Gasteiger partial charge in [-0.05, 0) is 25.2 Å². The van der Waals surface area contributed by atoms with Gasteiger partial charge in [-0.3, -0.25) is 0 Å². The fraction of sp³-hybridized carbons (Fsp3) is 0.529. The number of hydrogen-bond donors (Lipinski definition) is 0. The van der Waals surface area contributed by atoms with Crippen LogP contribution in [-0.4, -0.2) is 0 Å². The van der Waals surface area contributed by atoms with Crippen LogP contribution < -0.4 is 0 Å². The van der Waals surface area contributed by atoms with Crippen molar-refractivity contribution in [3.8, 4) is 0 Å². The molecule has 0 bridgehead atoms. The van der Waals surface area contributed by atoms with Crippen LogP contribution in [0.2, 0.25) is 0 Å². The van der Waals surface area contributed by atoms with Crippen molar-refractivity contribution in [3.05, 3.63) is 46.5 Å². The summed E-state index contributed by atoms with van der Waals surface area (Å²) in [5.74, 6) is -5.86. The van der Waals surface area contributed by atoms with E-state index in [-0.39, 0.29) is 0 Å². The predicted octanol–water partition coefficient (Wildman–Crippen LogP) is 6.00. The lowest BCUT2D eigenvalue weighted by atomic mass is 9.76. The highest BCUT2D eigenvalue weighted by Crippen LogP contribution is 2.39. The number of allylic oxidation sites excluding steroid dienone is 2. The number of rotatable bonds is 5. The van der Waals surface area contributed by atoms with E-state index in [4.69, 9.17) is 0 Å². The Morgan fingerprint density at radius 2 is 1.38 bits per heavy atom. The van der Waals surface area contributed by atoms with Gasteiger partial charge in [-0.1, -0.05) is 39.8 Å². The lowest BCUT2D eigenvalue weighted by Gasteiger charge is -2.29. The number of halogens is 4. The summed E-state index contributed by atoms with van der Waals surface area (Å²) in [7, 11) is 0. The molecule has 0 amide bonds. The summed E-state index contributed by atoms with van der Waals surface area (Å²) >= 11 is 0. The molecule has 0 saturated heterocycles. The third-order valence-electron chi connectivity index (χ3n) is 4.40. The Hall–Kier alpha value is -1.32. The van der Waals surface area contributed by atoms with E-state index in [0.717, 1.165) is 0 Å². The zero-order valence-corrected chi connectivity index (χ0v) is 13.2. The topological polar surface area (TPSA) is 0 Å². The molecule has 118 valence electrons. The Morgan fingerprint density at radius 1 is 0.952 bits per heavy atom. The fourth-order valence-electron chi connectivity index (χ4n) is 2.57. The van der Waals surface area contributed by atoms with Gasteiger partial charge < -0.3 is 0 Å². The van der Waals surface area contributed by atoms with Gasteiger partial charge in [0.05, 0.1) is 0 Å². The molecule has 0 aliphatic rings. The van der Waals surface area contributed by atoms with Crippen LogP contribution in [0.15, 0.2) is 12.2 Å². The highest BCUT2D eigenvalue weighted by molar-refractivity contribution is 5.37. The average molecular weight is 302 g/mol. The van der Waals surface area contributed by atoms with Crippen molar-refractivity contribution in [2.24, 2.45) is 0 Å². The minimum absolute atomic E-state index is 0.389. The predicted molar refractivity (Wildman–Crippen MR) is 77.4 cm³/mol. The maximum Gasteiger partial charge on any atom is 0.166 e. The van der Waals surface area contributed by atoms with Crippen molar-refractivity contribution in [2.75, 3.05) is 0 Å². The quantitative estimate of drug-likeness (QED) is 0.355. The highest BCUT2D eigenvalue weighted by atomic mass is 19.2. The molecule has 1 aromatic carbocycles. The summed E-state index contributed by atoms with van der Waals surface area (Å²) in [5.41, 5.74) is -1.97. The molecule has 0 radical (unpaired) electrons. The molecular weight excluding hydrogens is 280 g/mol. The Kier molecular flexibility index (Phi) is 5.60. The molecule has 1 atom stereocenters. The van der Waals surface area contributed by atoms with Crippen LogP contribution in [0, 0.1) is 23.3 Å². The van der Waals surface area contributed by atoms with Crippen LogP contribution in [0.1, 0.15) is 64.5 Å². The first-order valence-electron chi connectivity index (χ1n) is 7.24. The zero-order chi connectivity index (χ0) is 16.4. The van der Waals surface area contributed by atoms with Crippen molar-refractivity contribution >= 4 is 0 Å². The van der Waals surface area contributed by atoms with E-state index in [1.807, 2.05) is 0 Å². The van der Waals surface area contributed by atoms with E-state index in [9.17, 15) is 17.6 Å². The standard InChI is InChI=1S/C17H22F4/c1-6-9-10(4)11-13(18)15(20)12(16(21)14(11)19)17(5,7-2)8-3/h6,9-10H,7-8H2,1-5H3/b9-6-. The van der Waals surface area contributed by atoms with Gasteiger partial charge in [0.2, 0.25) is 0 Å². The van der Waals surface area contributed by atoms with E-state index < -0.39 is 45.7 Å². The molecule has 0 N–H and O–H groups in total. The van der Waals surface area contributed by atoms with E-state index in [2.05, 4.69) is 0 Å². The van der Waals surface area contributed by atoms with Crippen molar-refractivity contribution in [1.29, 1.82) is 0 Å². The second-order valence-corrected chi connectivity index (χ2v) is 5.63. The van der Waals surface area contributed by atoms with Crippen LogP contribution in [0.3, 0.4) is 0 Å².